The Balaban J connectivity index is 2.42. The normalized spacial score (nSPS) is 11.5. The van der Waals surface area contributed by atoms with E-state index in [1.165, 1.54) is 0 Å². The molecule has 0 saturated heterocycles. The smallest absolute Gasteiger partial charge is 0.405 e. The molecule has 5 heteroatoms. The average molecular weight is 298 g/mol. The lowest BCUT2D eigenvalue weighted by Crippen LogP contribution is -2.18. The van der Waals surface area contributed by atoms with Crippen LogP contribution in [0.3, 0.4) is 0 Å². The van der Waals surface area contributed by atoms with Crippen molar-refractivity contribution in [2.24, 2.45) is 0 Å². The van der Waals surface area contributed by atoms with Gasteiger partial charge in [-0.3, -0.25) is 0 Å². The van der Waals surface area contributed by atoms with Crippen LogP contribution in [0.25, 0.3) is 11.1 Å². The third-order valence-electron chi connectivity index (χ3n) is 2.88. The number of ether oxygens (including phenoxy) is 1. The molecular weight excluding hydrogens is 285 g/mol. The highest BCUT2D eigenvalue weighted by atomic mass is 32.1. The molecule has 20 heavy (non-hydrogen) atoms. The lowest BCUT2D eigenvalue weighted by atomic mass is 10.00. The Kier molecular flexibility index (Phi) is 3.99. The largest absolute Gasteiger partial charge is 0.573 e. The molecule has 2 rings (SSSR count). The van der Waals surface area contributed by atoms with Gasteiger partial charge in [-0.25, -0.2) is 0 Å². The molecule has 0 unspecified atom stereocenters. The Morgan fingerprint density at radius 3 is 1.85 bits per heavy atom. The van der Waals surface area contributed by atoms with Crippen molar-refractivity contribution in [2.75, 3.05) is 0 Å². The molecule has 0 heterocycles. The molecule has 0 atom stereocenters. The third-order valence-corrected chi connectivity index (χ3v) is 3.18. The zero-order chi connectivity index (χ0) is 14.9. The molecule has 0 bridgehead atoms. The predicted molar refractivity (Wildman–Crippen MR) is 75.3 cm³/mol. The van der Waals surface area contributed by atoms with E-state index in [1.54, 1.807) is 26.0 Å². The van der Waals surface area contributed by atoms with E-state index in [2.05, 4.69) is 17.4 Å². The van der Waals surface area contributed by atoms with Gasteiger partial charge in [-0.1, -0.05) is 12.1 Å². The molecule has 0 spiro atoms. The molecule has 2 aromatic carbocycles. The second-order valence-electron chi connectivity index (χ2n) is 4.53. The second kappa shape index (κ2) is 5.40. The fourth-order valence-corrected chi connectivity index (χ4v) is 2.20. The summed E-state index contributed by atoms with van der Waals surface area (Å²) in [6.07, 6.45) is -4.68. The van der Waals surface area contributed by atoms with Gasteiger partial charge in [0.05, 0.1) is 0 Å². The highest BCUT2D eigenvalue weighted by Crippen LogP contribution is 2.33. The summed E-state index contributed by atoms with van der Waals surface area (Å²) in [5.74, 6) is -0.132. The summed E-state index contributed by atoms with van der Waals surface area (Å²) >= 11 is 4.20. The van der Waals surface area contributed by atoms with Crippen LogP contribution in [-0.2, 0) is 0 Å². The third kappa shape index (κ3) is 3.48. The molecule has 0 aromatic heterocycles. The van der Waals surface area contributed by atoms with Gasteiger partial charge in [0.2, 0.25) is 0 Å². The highest BCUT2D eigenvalue weighted by molar-refractivity contribution is 7.80. The van der Waals surface area contributed by atoms with Crippen molar-refractivity contribution in [3.63, 3.8) is 0 Å². The van der Waals surface area contributed by atoms with E-state index in [9.17, 15) is 13.2 Å². The SMILES string of the molecule is Cc1cc(-c2ccc(S)cc2)cc(C)c1OC(F)(F)F. The highest BCUT2D eigenvalue weighted by Gasteiger charge is 2.32. The second-order valence-corrected chi connectivity index (χ2v) is 5.05. The predicted octanol–water partition coefficient (Wildman–Crippen LogP) is 5.16. The van der Waals surface area contributed by atoms with Crippen LogP contribution in [0.5, 0.6) is 5.75 Å². The van der Waals surface area contributed by atoms with Gasteiger partial charge >= 0.3 is 6.36 Å². The Morgan fingerprint density at radius 2 is 1.40 bits per heavy atom. The maximum atomic E-state index is 12.3. The standard InChI is InChI=1S/C15H13F3OS/c1-9-7-12(11-3-5-13(20)6-4-11)8-10(2)14(9)19-15(16,17)18/h3-8,20H,1-2H3. The minimum atomic E-state index is -4.68. The summed E-state index contributed by atoms with van der Waals surface area (Å²) in [5.41, 5.74) is 2.68. The first-order valence-corrected chi connectivity index (χ1v) is 6.37. The van der Waals surface area contributed by atoms with Gasteiger partial charge in [-0.05, 0) is 60.4 Å². The van der Waals surface area contributed by atoms with Crippen LogP contribution in [0, 0.1) is 13.8 Å². The van der Waals surface area contributed by atoms with E-state index in [1.807, 2.05) is 24.3 Å². The quantitative estimate of drug-likeness (QED) is 0.754. The Labute approximate surface area is 120 Å². The van der Waals surface area contributed by atoms with Crippen LogP contribution in [0.15, 0.2) is 41.3 Å². The van der Waals surface area contributed by atoms with Crippen LogP contribution >= 0.6 is 12.6 Å². The molecule has 2 aromatic rings. The van der Waals surface area contributed by atoms with Gasteiger partial charge in [0.25, 0.3) is 0 Å². The van der Waals surface area contributed by atoms with Crippen molar-refractivity contribution in [3.05, 3.63) is 47.5 Å². The van der Waals surface area contributed by atoms with Crippen molar-refractivity contribution >= 4 is 12.6 Å². The van der Waals surface area contributed by atoms with E-state index < -0.39 is 6.36 Å². The summed E-state index contributed by atoms with van der Waals surface area (Å²) in [7, 11) is 0. The zero-order valence-electron chi connectivity index (χ0n) is 11.0. The monoisotopic (exact) mass is 298 g/mol. The van der Waals surface area contributed by atoms with E-state index in [0.29, 0.717) is 11.1 Å². The first-order chi connectivity index (χ1) is 9.26. The number of aryl methyl sites for hydroxylation is 2. The van der Waals surface area contributed by atoms with Crippen molar-refractivity contribution in [3.8, 4) is 16.9 Å². The maximum Gasteiger partial charge on any atom is 0.573 e. The summed E-state index contributed by atoms with van der Waals surface area (Å²) in [6.45, 7) is 3.20. The number of alkyl halides is 3. The Hall–Kier alpha value is -1.62. The number of halogens is 3. The number of thiol groups is 1. The lowest BCUT2D eigenvalue weighted by molar-refractivity contribution is -0.275. The van der Waals surface area contributed by atoms with Crippen LogP contribution in [0.1, 0.15) is 11.1 Å². The number of benzene rings is 2. The van der Waals surface area contributed by atoms with Gasteiger partial charge in [0, 0.05) is 4.90 Å². The van der Waals surface area contributed by atoms with Gasteiger partial charge in [0.1, 0.15) is 5.75 Å². The van der Waals surface area contributed by atoms with Crippen molar-refractivity contribution in [1.29, 1.82) is 0 Å². The lowest BCUT2D eigenvalue weighted by Gasteiger charge is -2.15. The molecular formula is C15H13F3OS. The molecule has 0 radical (unpaired) electrons. The molecule has 0 aliphatic rings. The first-order valence-electron chi connectivity index (χ1n) is 5.92. The number of hydrogen-bond donors (Lipinski definition) is 1. The van der Waals surface area contributed by atoms with Crippen molar-refractivity contribution < 1.29 is 17.9 Å². The van der Waals surface area contributed by atoms with Gasteiger partial charge in [0.15, 0.2) is 0 Å². The number of rotatable bonds is 2. The Morgan fingerprint density at radius 1 is 0.900 bits per heavy atom. The molecule has 0 aliphatic carbocycles. The average Bonchev–Trinajstić information content (AvgIpc) is 2.33. The van der Waals surface area contributed by atoms with E-state index in [4.69, 9.17) is 0 Å². The fourth-order valence-electron chi connectivity index (χ4n) is 2.05. The van der Waals surface area contributed by atoms with Crippen molar-refractivity contribution in [2.45, 2.75) is 25.1 Å². The number of hydrogen-bond acceptors (Lipinski definition) is 2. The van der Waals surface area contributed by atoms with Crippen LogP contribution in [-0.4, -0.2) is 6.36 Å². The van der Waals surface area contributed by atoms with E-state index in [-0.39, 0.29) is 5.75 Å². The van der Waals surface area contributed by atoms with E-state index in [0.717, 1.165) is 16.0 Å². The van der Waals surface area contributed by atoms with Crippen LogP contribution in [0.4, 0.5) is 13.2 Å². The zero-order valence-corrected chi connectivity index (χ0v) is 11.8. The molecule has 106 valence electrons. The Bertz CT molecular complexity index is 595. The molecule has 1 nitrogen and oxygen atoms in total. The summed E-state index contributed by atoms with van der Waals surface area (Å²) < 4.78 is 41.1. The molecule has 0 fully saturated rings. The van der Waals surface area contributed by atoms with Gasteiger partial charge < -0.3 is 4.74 Å². The maximum absolute atomic E-state index is 12.3. The molecule has 0 N–H and O–H groups in total. The van der Waals surface area contributed by atoms with Crippen LogP contribution < -0.4 is 4.74 Å². The van der Waals surface area contributed by atoms with Crippen molar-refractivity contribution in [1.82, 2.24) is 0 Å². The van der Waals surface area contributed by atoms with E-state index >= 15 is 0 Å². The minimum absolute atomic E-state index is 0.132. The van der Waals surface area contributed by atoms with Gasteiger partial charge in [-0.2, -0.15) is 0 Å². The first kappa shape index (κ1) is 14.8. The molecule has 0 amide bonds. The molecule has 0 saturated carbocycles. The fraction of sp³-hybridized carbons (Fsp3) is 0.200. The van der Waals surface area contributed by atoms with Crippen LogP contribution in [0.2, 0.25) is 0 Å². The summed E-state index contributed by atoms with van der Waals surface area (Å²) in [4.78, 5) is 0.833. The topological polar surface area (TPSA) is 9.23 Å². The summed E-state index contributed by atoms with van der Waals surface area (Å²) in [6, 6.07) is 10.8. The summed E-state index contributed by atoms with van der Waals surface area (Å²) in [5, 5.41) is 0. The minimum Gasteiger partial charge on any atom is -0.405 e. The molecule has 0 aliphatic heterocycles. The van der Waals surface area contributed by atoms with Gasteiger partial charge in [-0.15, -0.1) is 25.8 Å².